The number of hydrogen-bond acceptors (Lipinski definition) is 3. The highest BCUT2D eigenvalue weighted by Crippen LogP contribution is 2.23. The Balaban J connectivity index is 2.46. The molecule has 0 saturated heterocycles. The summed E-state index contributed by atoms with van der Waals surface area (Å²) in [7, 11) is 0. The number of aromatic amines is 1. The van der Waals surface area contributed by atoms with Gasteiger partial charge in [0, 0.05) is 29.8 Å². The van der Waals surface area contributed by atoms with Crippen molar-refractivity contribution >= 4 is 16.6 Å². The molecule has 5 heteroatoms. The Morgan fingerprint density at radius 2 is 2.31 bits per heavy atom. The second kappa shape index (κ2) is 3.94. The van der Waals surface area contributed by atoms with Crippen LogP contribution in [0.15, 0.2) is 24.4 Å². The van der Waals surface area contributed by atoms with Crippen LogP contribution in [-0.4, -0.2) is 15.9 Å². The van der Waals surface area contributed by atoms with Gasteiger partial charge >= 0.3 is 0 Å². The normalized spacial score (nSPS) is 12.9. The highest BCUT2D eigenvalue weighted by Gasteiger charge is 2.10. The number of H-pyrrole nitrogens is 1. The van der Waals surface area contributed by atoms with Crippen molar-refractivity contribution in [3.63, 3.8) is 0 Å². The van der Waals surface area contributed by atoms with Crippen molar-refractivity contribution < 1.29 is 4.92 Å². The fraction of sp³-hybridized carbons (Fsp3) is 0.273. The van der Waals surface area contributed by atoms with Gasteiger partial charge in [-0.05, 0) is 25.0 Å². The van der Waals surface area contributed by atoms with Gasteiger partial charge in [-0.3, -0.25) is 10.1 Å². The fourth-order valence-corrected chi connectivity index (χ4v) is 1.80. The van der Waals surface area contributed by atoms with E-state index in [9.17, 15) is 10.1 Å². The largest absolute Gasteiger partial charge is 0.361 e. The Hall–Kier alpha value is -1.88. The van der Waals surface area contributed by atoms with E-state index in [-0.39, 0.29) is 11.7 Å². The summed E-state index contributed by atoms with van der Waals surface area (Å²) in [6.45, 7) is 1.93. The van der Waals surface area contributed by atoms with Gasteiger partial charge < -0.3 is 10.7 Å². The lowest BCUT2D eigenvalue weighted by molar-refractivity contribution is -0.384. The number of non-ortho nitro benzene ring substituents is 1. The number of hydrogen-bond donors (Lipinski definition) is 2. The van der Waals surface area contributed by atoms with E-state index in [4.69, 9.17) is 5.73 Å². The molecule has 2 aromatic rings. The zero-order valence-corrected chi connectivity index (χ0v) is 8.93. The zero-order chi connectivity index (χ0) is 11.7. The molecule has 16 heavy (non-hydrogen) atoms. The van der Waals surface area contributed by atoms with Crippen molar-refractivity contribution in [1.82, 2.24) is 4.98 Å². The van der Waals surface area contributed by atoms with E-state index in [0.29, 0.717) is 0 Å². The van der Waals surface area contributed by atoms with E-state index < -0.39 is 4.92 Å². The van der Waals surface area contributed by atoms with Gasteiger partial charge in [0.1, 0.15) is 0 Å². The molecule has 1 aromatic heterocycles. The molecule has 0 unspecified atom stereocenters. The van der Waals surface area contributed by atoms with Crippen LogP contribution >= 0.6 is 0 Å². The topological polar surface area (TPSA) is 85.0 Å². The highest BCUT2D eigenvalue weighted by atomic mass is 16.6. The quantitative estimate of drug-likeness (QED) is 0.611. The number of nitro benzene ring substituents is 1. The molecular weight excluding hydrogens is 206 g/mol. The molecule has 0 bridgehead atoms. The first-order valence-electron chi connectivity index (χ1n) is 5.08. The SMILES string of the molecule is C[C@@H](N)Cc1c[nH]c2cc([N+](=O)[O-])ccc12. The Morgan fingerprint density at radius 1 is 1.56 bits per heavy atom. The van der Waals surface area contributed by atoms with Crippen LogP contribution in [0.5, 0.6) is 0 Å². The van der Waals surface area contributed by atoms with Gasteiger partial charge in [-0.25, -0.2) is 0 Å². The molecule has 0 aliphatic heterocycles. The molecule has 2 rings (SSSR count). The molecule has 0 aliphatic carbocycles. The third kappa shape index (κ3) is 1.90. The summed E-state index contributed by atoms with van der Waals surface area (Å²) in [4.78, 5) is 13.2. The summed E-state index contributed by atoms with van der Waals surface area (Å²) in [5.74, 6) is 0. The molecule has 1 atom stereocenters. The summed E-state index contributed by atoms with van der Waals surface area (Å²) in [5, 5.41) is 11.6. The molecule has 0 saturated carbocycles. The average Bonchev–Trinajstić information content (AvgIpc) is 2.60. The van der Waals surface area contributed by atoms with Crippen molar-refractivity contribution in [1.29, 1.82) is 0 Å². The molecule has 3 N–H and O–H groups in total. The lowest BCUT2D eigenvalue weighted by Gasteiger charge is -2.02. The first-order chi connectivity index (χ1) is 7.58. The minimum Gasteiger partial charge on any atom is -0.361 e. The molecule has 0 fully saturated rings. The minimum atomic E-state index is -0.397. The van der Waals surface area contributed by atoms with Crippen LogP contribution in [0.4, 0.5) is 5.69 Å². The lowest BCUT2D eigenvalue weighted by atomic mass is 10.1. The van der Waals surface area contributed by atoms with Crippen molar-refractivity contribution in [3.05, 3.63) is 40.1 Å². The Bertz CT molecular complexity index is 531. The standard InChI is InChI=1S/C11H13N3O2/c1-7(12)4-8-6-13-11-5-9(14(15)16)2-3-10(8)11/h2-3,5-7,13H,4,12H2,1H3/t7-/m1/s1. The molecule has 84 valence electrons. The first kappa shape index (κ1) is 10.6. The minimum absolute atomic E-state index is 0.0780. The van der Waals surface area contributed by atoms with Gasteiger partial charge in [0.2, 0.25) is 0 Å². The number of nitrogens with two attached hydrogens (primary N) is 1. The van der Waals surface area contributed by atoms with E-state index >= 15 is 0 Å². The molecule has 1 heterocycles. The first-order valence-corrected chi connectivity index (χ1v) is 5.08. The number of nitrogens with zero attached hydrogens (tertiary/aromatic N) is 1. The van der Waals surface area contributed by atoms with Crippen LogP contribution in [0.1, 0.15) is 12.5 Å². The van der Waals surface area contributed by atoms with Gasteiger partial charge in [0.15, 0.2) is 0 Å². The van der Waals surface area contributed by atoms with Gasteiger partial charge in [-0.2, -0.15) is 0 Å². The second-order valence-corrected chi connectivity index (χ2v) is 3.98. The molecule has 0 spiro atoms. The highest BCUT2D eigenvalue weighted by molar-refractivity contribution is 5.85. The van der Waals surface area contributed by atoms with Gasteiger partial charge in [0.25, 0.3) is 5.69 Å². The van der Waals surface area contributed by atoms with Crippen molar-refractivity contribution in [2.75, 3.05) is 0 Å². The van der Waals surface area contributed by atoms with E-state index in [2.05, 4.69) is 4.98 Å². The number of nitrogens with one attached hydrogen (secondary N) is 1. The number of benzene rings is 1. The van der Waals surface area contributed by atoms with Gasteiger partial charge in [-0.1, -0.05) is 0 Å². The predicted octanol–water partition coefficient (Wildman–Crippen LogP) is 1.97. The van der Waals surface area contributed by atoms with Crippen molar-refractivity contribution in [3.8, 4) is 0 Å². The fourth-order valence-electron chi connectivity index (χ4n) is 1.80. The van der Waals surface area contributed by atoms with Crippen LogP contribution < -0.4 is 5.73 Å². The van der Waals surface area contributed by atoms with Crippen LogP contribution in [0, 0.1) is 10.1 Å². The van der Waals surface area contributed by atoms with Crippen molar-refractivity contribution in [2.24, 2.45) is 5.73 Å². The third-order valence-corrected chi connectivity index (χ3v) is 2.50. The Morgan fingerprint density at radius 3 is 2.94 bits per heavy atom. The van der Waals surface area contributed by atoms with Crippen LogP contribution in [0.2, 0.25) is 0 Å². The maximum absolute atomic E-state index is 10.6. The smallest absolute Gasteiger partial charge is 0.271 e. The summed E-state index contributed by atoms with van der Waals surface area (Å²) >= 11 is 0. The third-order valence-electron chi connectivity index (χ3n) is 2.50. The number of nitro groups is 1. The maximum atomic E-state index is 10.6. The van der Waals surface area contributed by atoms with Crippen LogP contribution in [0.3, 0.4) is 0 Å². The van der Waals surface area contributed by atoms with E-state index in [0.717, 1.165) is 22.9 Å². The number of aromatic nitrogens is 1. The average molecular weight is 219 g/mol. The summed E-state index contributed by atoms with van der Waals surface area (Å²) in [5.41, 5.74) is 7.71. The summed E-state index contributed by atoms with van der Waals surface area (Å²) < 4.78 is 0. The van der Waals surface area contributed by atoms with Gasteiger partial charge in [-0.15, -0.1) is 0 Å². The number of fused-ring (bicyclic) bond motifs is 1. The van der Waals surface area contributed by atoms with E-state index in [1.165, 1.54) is 6.07 Å². The van der Waals surface area contributed by atoms with Crippen LogP contribution in [0.25, 0.3) is 10.9 Å². The molecule has 0 amide bonds. The summed E-state index contributed by atoms with van der Waals surface area (Å²) in [6, 6.07) is 4.90. The Kier molecular flexibility index (Phi) is 2.62. The predicted molar refractivity (Wildman–Crippen MR) is 62.3 cm³/mol. The van der Waals surface area contributed by atoms with Crippen molar-refractivity contribution in [2.45, 2.75) is 19.4 Å². The lowest BCUT2D eigenvalue weighted by Crippen LogP contribution is -2.17. The van der Waals surface area contributed by atoms with Crippen LogP contribution in [-0.2, 0) is 6.42 Å². The Labute approximate surface area is 92.4 Å². The molecule has 5 nitrogen and oxygen atoms in total. The molecular formula is C11H13N3O2. The molecule has 0 aliphatic rings. The molecule has 0 radical (unpaired) electrons. The summed E-state index contributed by atoms with van der Waals surface area (Å²) in [6.07, 6.45) is 2.62. The van der Waals surface area contributed by atoms with E-state index in [1.807, 2.05) is 13.1 Å². The maximum Gasteiger partial charge on any atom is 0.271 e. The van der Waals surface area contributed by atoms with E-state index in [1.54, 1.807) is 12.1 Å². The van der Waals surface area contributed by atoms with Gasteiger partial charge in [0.05, 0.1) is 10.4 Å². The monoisotopic (exact) mass is 219 g/mol. The zero-order valence-electron chi connectivity index (χ0n) is 8.93. The second-order valence-electron chi connectivity index (χ2n) is 3.98. The molecule has 1 aromatic carbocycles. The number of rotatable bonds is 3.